The van der Waals surface area contributed by atoms with Crippen LogP contribution >= 0.6 is 49.0 Å². The summed E-state index contributed by atoms with van der Waals surface area (Å²) in [5, 5.41) is 7.38. The summed E-state index contributed by atoms with van der Waals surface area (Å²) in [6, 6.07) is 21.5. The molecule has 1 fully saturated rings. The predicted molar refractivity (Wildman–Crippen MR) is 133 cm³/mol. The molecular formula is C22H24Cl3N3OS. The molecule has 30 heavy (non-hydrogen) atoms. The molecule has 0 saturated carbocycles. The third-order valence-electron chi connectivity index (χ3n) is 4.55. The molecule has 2 unspecified atom stereocenters. The quantitative estimate of drug-likeness (QED) is 0.459. The summed E-state index contributed by atoms with van der Waals surface area (Å²) >= 11 is 1.90. The van der Waals surface area contributed by atoms with E-state index >= 15 is 0 Å². The number of nitrogens with one attached hydrogen (secondary N) is 2. The Balaban J connectivity index is 0.00000150. The Morgan fingerprint density at radius 2 is 1.77 bits per heavy atom. The lowest BCUT2D eigenvalue weighted by Crippen LogP contribution is -2.32. The van der Waals surface area contributed by atoms with E-state index in [2.05, 4.69) is 21.7 Å². The maximum Gasteiger partial charge on any atom is 0.193 e. The number of nitrogens with zero attached hydrogens (tertiary/aromatic N) is 1. The van der Waals surface area contributed by atoms with Crippen LogP contribution in [0.2, 0.25) is 0 Å². The van der Waals surface area contributed by atoms with Crippen LogP contribution in [0.25, 0.3) is 0 Å². The van der Waals surface area contributed by atoms with Gasteiger partial charge in [0.25, 0.3) is 0 Å². The van der Waals surface area contributed by atoms with Gasteiger partial charge in [0.2, 0.25) is 0 Å². The zero-order chi connectivity index (χ0) is 18.5. The lowest BCUT2D eigenvalue weighted by Gasteiger charge is -2.15. The minimum absolute atomic E-state index is 0. The zero-order valence-electron chi connectivity index (χ0n) is 16.1. The number of aromatic nitrogens is 1. The summed E-state index contributed by atoms with van der Waals surface area (Å²) < 4.78 is 0. The topological polar surface area (TPSA) is 54.0 Å². The molecule has 8 heteroatoms. The molecule has 1 aliphatic heterocycles. The van der Waals surface area contributed by atoms with Crippen LogP contribution in [0.1, 0.15) is 26.9 Å². The minimum atomic E-state index is 0. The van der Waals surface area contributed by atoms with Crippen molar-refractivity contribution in [2.45, 2.75) is 11.4 Å². The predicted octanol–water partition coefficient (Wildman–Crippen LogP) is 5.39. The standard InChI is InChI=1S/C22H21N3OS.3ClH/c26-21(16-6-2-1-3-7-16)17-8-4-10-19(12-17)24-14-20-15-27-22(25-20)18-9-5-11-23-13-18;;;/h1-13,20,22,24-25H,14-15H2;3*1H. The number of thioether (sulfide) groups is 1. The van der Waals surface area contributed by atoms with Gasteiger partial charge in [-0.2, -0.15) is 0 Å². The first-order valence-corrected chi connectivity index (χ1v) is 10.1. The number of anilines is 1. The Morgan fingerprint density at radius 3 is 2.50 bits per heavy atom. The van der Waals surface area contributed by atoms with E-state index in [0.29, 0.717) is 17.2 Å². The van der Waals surface area contributed by atoms with Crippen LogP contribution in [0, 0.1) is 0 Å². The SMILES string of the molecule is Cl.Cl.Cl.O=C(c1ccccc1)c1cccc(NCC2CSC(c3cccnc3)N2)c1. The molecule has 3 aromatic rings. The number of carbonyl (C=O) groups excluding carboxylic acids is 1. The number of benzene rings is 2. The first-order valence-electron chi connectivity index (χ1n) is 9.01. The normalized spacial score (nSPS) is 17.1. The smallest absolute Gasteiger partial charge is 0.193 e. The van der Waals surface area contributed by atoms with Gasteiger partial charge in [0, 0.05) is 47.5 Å². The van der Waals surface area contributed by atoms with Gasteiger partial charge in [-0.05, 0) is 23.8 Å². The van der Waals surface area contributed by atoms with Crippen LogP contribution in [-0.4, -0.2) is 29.1 Å². The molecule has 0 aliphatic carbocycles. The van der Waals surface area contributed by atoms with Crippen LogP contribution in [0.4, 0.5) is 5.69 Å². The van der Waals surface area contributed by atoms with Gasteiger partial charge >= 0.3 is 0 Å². The van der Waals surface area contributed by atoms with E-state index in [9.17, 15) is 4.79 Å². The average Bonchev–Trinajstić information content (AvgIpc) is 3.22. The first kappa shape index (κ1) is 26.3. The minimum Gasteiger partial charge on any atom is -0.383 e. The van der Waals surface area contributed by atoms with Crippen molar-refractivity contribution in [3.05, 3.63) is 95.8 Å². The average molecular weight is 485 g/mol. The highest BCUT2D eigenvalue weighted by molar-refractivity contribution is 7.99. The second kappa shape index (κ2) is 12.8. The van der Waals surface area contributed by atoms with Crippen LogP contribution in [-0.2, 0) is 0 Å². The Hall–Kier alpha value is -1.76. The molecule has 0 bridgehead atoms. The van der Waals surface area contributed by atoms with Gasteiger partial charge in [-0.25, -0.2) is 0 Å². The second-order valence-electron chi connectivity index (χ2n) is 6.52. The monoisotopic (exact) mass is 483 g/mol. The van der Waals surface area contributed by atoms with Crippen molar-refractivity contribution >= 4 is 60.5 Å². The zero-order valence-corrected chi connectivity index (χ0v) is 19.3. The molecule has 1 aromatic heterocycles. The molecule has 2 atom stereocenters. The number of pyridine rings is 1. The second-order valence-corrected chi connectivity index (χ2v) is 7.66. The van der Waals surface area contributed by atoms with Gasteiger partial charge in [-0.15, -0.1) is 49.0 Å². The molecule has 2 heterocycles. The van der Waals surface area contributed by atoms with Crippen LogP contribution < -0.4 is 10.6 Å². The number of rotatable bonds is 6. The fourth-order valence-electron chi connectivity index (χ4n) is 3.13. The molecule has 0 radical (unpaired) electrons. The van der Waals surface area contributed by atoms with Crippen molar-refractivity contribution in [2.24, 2.45) is 0 Å². The van der Waals surface area contributed by atoms with Gasteiger partial charge < -0.3 is 5.32 Å². The number of ketones is 1. The molecule has 1 saturated heterocycles. The number of hydrogen-bond donors (Lipinski definition) is 2. The summed E-state index contributed by atoms with van der Waals surface area (Å²) in [6.07, 6.45) is 3.71. The molecule has 160 valence electrons. The molecular weight excluding hydrogens is 461 g/mol. The Bertz CT molecular complexity index is 916. The summed E-state index contributed by atoms with van der Waals surface area (Å²) in [4.78, 5) is 16.8. The summed E-state index contributed by atoms with van der Waals surface area (Å²) in [6.45, 7) is 0.812. The van der Waals surface area contributed by atoms with E-state index < -0.39 is 0 Å². The van der Waals surface area contributed by atoms with Crippen LogP contribution in [0.15, 0.2) is 79.1 Å². The lowest BCUT2D eigenvalue weighted by molar-refractivity contribution is 0.103. The molecule has 4 rings (SSSR count). The lowest BCUT2D eigenvalue weighted by atomic mass is 10.0. The van der Waals surface area contributed by atoms with E-state index in [4.69, 9.17) is 0 Å². The van der Waals surface area contributed by atoms with Crippen molar-refractivity contribution in [1.82, 2.24) is 10.3 Å². The van der Waals surface area contributed by atoms with Gasteiger partial charge in [-0.1, -0.05) is 48.5 Å². The van der Waals surface area contributed by atoms with Crippen molar-refractivity contribution in [1.29, 1.82) is 0 Å². The summed E-state index contributed by atoms with van der Waals surface area (Å²) in [5.41, 5.74) is 3.59. The van der Waals surface area contributed by atoms with E-state index in [-0.39, 0.29) is 48.4 Å². The van der Waals surface area contributed by atoms with Crippen LogP contribution in [0.3, 0.4) is 0 Å². The number of carbonyl (C=O) groups is 1. The molecule has 2 N–H and O–H groups in total. The molecule has 1 aliphatic rings. The Kier molecular flexibility index (Phi) is 11.2. The highest BCUT2D eigenvalue weighted by Crippen LogP contribution is 2.32. The van der Waals surface area contributed by atoms with E-state index in [0.717, 1.165) is 18.0 Å². The maximum atomic E-state index is 12.6. The summed E-state index contributed by atoms with van der Waals surface area (Å²) in [5.74, 6) is 1.08. The van der Waals surface area contributed by atoms with Crippen molar-refractivity contribution < 1.29 is 4.79 Å². The highest BCUT2D eigenvalue weighted by atomic mass is 35.5. The first-order chi connectivity index (χ1) is 13.3. The maximum absolute atomic E-state index is 12.6. The van der Waals surface area contributed by atoms with Gasteiger partial charge in [0.1, 0.15) is 0 Å². The molecule has 4 nitrogen and oxygen atoms in total. The highest BCUT2D eigenvalue weighted by Gasteiger charge is 2.25. The molecule has 2 aromatic carbocycles. The third-order valence-corrected chi connectivity index (χ3v) is 5.89. The number of hydrogen-bond acceptors (Lipinski definition) is 5. The van der Waals surface area contributed by atoms with Crippen LogP contribution in [0.5, 0.6) is 0 Å². The van der Waals surface area contributed by atoms with Crippen molar-refractivity contribution in [2.75, 3.05) is 17.6 Å². The third kappa shape index (κ3) is 6.62. The van der Waals surface area contributed by atoms with Crippen molar-refractivity contribution in [3.8, 4) is 0 Å². The van der Waals surface area contributed by atoms with E-state index in [1.807, 2.05) is 78.6 Å². The Labute approximate surface area is 199 Å². The fourth-order valence-corrected chi connectivity index (χ4v) is 4.39. The molecule has 0 amide bonds. The molecule has 0 spiro atoms. The van der Waals surface area contributed by atoms with Gasteiger partial charge in [-0.3, -0.25) is 15.1 Å². The fraction of sp³-hybridized carbons (Fsp3) is 0.182. The van der Waals surface area contributed by atoms with Gasteiger partial charge in [0.15, 0.2) is 5.78 Å². The van der Waals surface area contributed by atoms with E-state index in [1.54, 1.807) is 6.20 Å². The van der Waals surface area contributed by atoms with Gasteiger partial charge in [0.05, 0.1) is 5.37 Å². The van der Waals surface area contributed by atoms with Crippen molar-refractivity contribution in [3.63, 3.8) is 0 Å². The summed E-state index contributed by atoms with van der Waals surface area (Å²) in [7, 11) is 0. The Morgan fingerprint density at radius 1 is 1.00 bits per heavy atom. The largest absolute Gasteiger partial charge is 0.383 e. The van der Waals surface area contributed by atoms with E-state index in [1.165, 1.54) is 5.56 Å². The number of halogens is 3.